The van der Waals surface area contributed by atoms with Gasteiger partial charge in [0.1, 0.15) is 6.04 Å². The topological polar surface area (TPSA) is 130 Å². The van der Waals surface area contributed by atoms with Crippen molar-refractivity contribution in [2.75, 3.05) is 4.90 Å². The van der Waals surface area contributed by atoms with Gasteiger partial charge in [-0.25, -0.2) is 9.91 Å². The van der Waals surface area contributed by atoms with Crippen molar-refractivity contribution in [2.45, 2.75) is 12.5 Å². The number of anilines is 1. The predicted molar refractivity (Wildman–Crippen MR) is 126 cm³/mol. The van der Waals surface area contributed by atoms with E-state index in [1.54, 1.807) is 42.5 Å². The quantitative estimate of drug-likeness (QED) is 0.330. The van der Waals surface area contributed by atoms with Crippen molar-refractivity contribution < 1.29 is 24.1 Å². The van der Waals surface area contributed by atoms with Crippen LogP contribution in [0.15, 0.2) is 78.9 Å². The first-order valence-corrected chi connectivity index (χ1v) is 10.7. The Hall–Kier alpha value is -4.57. The zero-order chi connectivity index (χ0) is 25.1. The fraction of sp³-hybridized carbons (Fsp3) is 0.0833. The van der Waals surface area contributed by atoms with Crippen molar-refractivity contribution in [2.24, 2.45) is 0 Å². The number of para-hydroxylation sites is 1. The summed E-state index contributed by atoms with van der Waals surface area (Å²) < 4.78 is 0. The number of nitrogens with zero attached hydrogens (tertiary/aromatic N) is 3. The Morgan fingerprint density at radius 1 is 1.00 bits per heavy atom. The highest BCUT2D eigenvalue weighted by Gasteiger charge is 2.45. The molecule has 0 bridgehead atoms. The average molecular weight is 493 g/mol. The smallest absolute Gasteiger partial charge is 0.274 e. The Balaban J connectivity index is 1.70. The Labute approximate surface area is 203 Å². The SMILES string of the molecule is O=C(NN(C(=O)c1ccccc1Cl)C1CC(=O)N(c2ccccc2)C1=O)c1cccc([N+](=O)[O-])c1. The van der Waals surface area contributed by atoms with Crippen LogP contribution < -0.4 is 10.3 Å². The monoisotopic (exact) mass is 492 g/mol. The molecule has 35 heavy (non-hydrogen) atoms. The molecule has 1 heterocycles. The summed E-state index contributed by atoms with van der Waals surface area (Å²) >= 11 is 6.17. The van der Waals surface area contributed by atoms with Crippen molar-refractivity contribution in [3.63, 3.8) is 0 Å². The summed E-state index contributed by atoms with van der Waals surface area (Å²) in [4.78, 5) is 63.8. The van der Waals surface area contributed by atoms with Crippen molar-refractivity contribution in [1.82, 2.24) is 10.4 Å². The lowest BCUT2D eigenvalue weighted by Gasteiger charge is -2.28. The second-order valence-electron chi connectivity index (χ2n) is 7.53. The van der Waals surface area contributed by atoms with Crippen molar-refractivity contribution in [1.29, 1.82) is 0 Å². The van der Waals surface area contributed by atoms with E-state index in [0.29, 0.717) is 5.69 Å². The first kappa shape index (κ1) is 23.6. The van der Waals surface area contributed by atoms with E-state index in [9.17, 15) is 29.3 Å². The molecule has 1 aliphatic heterocycles. The van der Waals surface area contributed by atoms with E-state index < -0.39 is 34.6 Å². The molecule has 1 fully saturated rings. The highest BCUT2D eigenvalue weighted by molar-refractivity contribution is 6.34. The largest absolute Gasteiger partial charge is 0.274 e. The van der Waals surface area contributed by atoms with Gasteiger partial charge in [-0.2, -0.15) is 0 Å². The lowest BCUT2D eigenvalue weighted by molar-refractivity contribution is -0.384. The third-order valence-corrected chi connectivity index (χ3v) is 5.64. The second-order valence-corrected chi connectivity index (χ2v) is 7.93. The zero-order valence-electron chi connectivity index (χ0n) is 18.0. The van der Waals surface area contributed by atoms with Gasteiger partial charge in [-0.05, 0) is 30.3 Å². The number of rotatable bonds is 5. The number of benzene rings is 3. The van der Waals surface area contributed by atoms with Crippen LogP contribution in [0.5, 0.6) is 0 Å². The van der Waals surface area contributed by atoms with E-state index in [1.807, 2.05) is 0 Å². The van der Waals surface area contributed by atoms with E-state index in [0.717, 1.165) is 16.0 Å². The number of hydrazine groups is 1. The summed E-state index contributed by atoms with van der Waals surface area (Å²) in [6.45, 7) is 0. The van der Waals surface area contributed by atoms with Gasteiger partial charge >= 0.3 is 0 Å². The molecule has 0 spiro atoms. The second kappa shape index (κ2) is 9.74. The van der Waals surface area contributed by atoms with E-state index in [4.69, 9.17) is 11.6 Å². The van der Waals surface area contributed by atoms with Crippen LogP contribution in [0.2, 0.25) is 5.02 Å². The molecule has 0 radical (unpaired) electrons. The molecule has 1 atom stereocenters. The number of amides is 4. The van der Waals surface area contributed by atoms with Crippen molar-refractivity contribution in [3.05, 3.63) is 105 Å². The summed E-state index contributed by atoms with van der Waals surface area (Å²) in [6, 6.07) is 17.7. The number of non-ortho nitro benzene ring substituents is 1. The Morgan fingerprint density at radius 2 is 1.69 bits per heavy atom. The number of carbonyl (C=O) groups excluding carboxylic acids is 4. The van der Waals surface area contributed by atoms with Gasteiger partial charge in [0.2, 0.25) is 5.91 Å². The number of carbonyl (C=O) groups is 4. The van der Waals surface area contributed by atoms with Crippen molar-refractivity contribution in [3.8, 4) is 0 Å². The maximum atomic E-state index is 13.4. The van der Waals surface area contributed by atoms with Gasteiger partial charge in [0.25, 0.3) is 23.4 Å². The zero-order valence-corrected chi connectivity index (χ0v) is 18.7. The molecule has 3 aromatic carbocycles. The number of nitro groups is 1. The molecular formula is C24H17ClN4O6. The maximum absolute atomic E-state index is 13.4. The number of nitrogens with one attached hydrogen (secondary N) is 1. The van der Waals surface area contributed by atoms with Crippen LogP contribution in [0.3, 0.4) is 0 Å². The van der Waals surface area contributed by atoms with E-state index in [2.05, 4.69) is 5.43 Å². The molecule has 1 saturated heterocycles. The van der Waals surface area contributed by atoms with Gasteiger partial charge in [-0.3, -0.25) is 34.7 Å². The van der Waals surface area contributed by atoms with Crippen LogP contribution >= 0.6 is 11.6 Å². The molecular weight excluding hydrogens is 476 g/mol. The third kappa shape index (κ3) is 4.73. The number of hydrogen-bond acceptors (Lipinski definition) is 6. The fourth-order valence-corrected chi connectivity index (χ4v) is 3.85. The molecule has 176 valence electrons. The molecule has 1 aliphatic rings. The number of halogens is 1. The molecule has 11 heteroatoms. The minimum absolute atomic E-state index is 0.00748. The normalized spacial score (nSPS) is 15.1. The van der Waals surface area contributed by atoms with Crippen molar-refractivity contribution >= 4 is 46.6 Å². The van der Waals surface area contributed by atoms with Gasteiger partial charge in [0, 0.05) is 17.7 Å². The van der Waals surface area contributed by atoms with Crippen LogP contribution in [-0.4, -0.2) is 39.6 Å². The third-order valence-electron chi connectivity index (χ3n) is 5.31. The van der Waals surface area contributed by atoms with Crippen LogP contribution in [0.1, 0.15) is 27.1 Å². The van der Waals surface area contributed by atoms with Gasteiger partial charge in [-0.1, -0.05) is 48.0 Å². The highest BCUT2D eigenvalue weighted by atomic mass is 35.5. The van der Waals surface area contributed by atoms with Gasteiger partial charge in [0.05, 0.1) is 27.6 Å². The lowest BCUT2D eigenvalue weighted by atomic mass is 10.1. The minimum Gasteiger partial charge on any atom is -0.274 e. The van der Waals surface area contributed by atoms with E-state index >= 15 is 0 Å². The summed E-state index contributed by atoms with van der Waals surface area (Å²) in [6.07, 6.45) is -0.390. The molecule has 10 nitrogen and oxygen atoms in total. The molecule has 4 rings (SSSR count). The average Bonchev–Trinajstić information content (AvgIpc) is 3.16. The highest BCUT2D eigenvalue weighted by Crippen LogP contribution is 2.27. The lowest BCUT2D eigenvalue weighted by Crippen LogP contribution is -2.54. The van der Waals surface area contributed by atoms with Crippen LogP contribution in [-0.2, 0) is 9.59 Å². The summed E-state index contributed by atoms with van der Waals surface area (Å²) in [5.74, 6) is -2.99. The summed E-state index contributed by atoms with van der Waals surface area (Å²) in [5, 5.41) is 11.9. The standard InChI is InChI=1S/C24H17ClN4O6/c25-19-12-5-4-11-18(19)23(32)28(26-22(31)15-7-6-10-17(13-15)29(34)35)20-14-21(30)27(24(20)33)16-8-2-1-3-9-16/h1-13,20H,14H2,(H,26,31). The Bertz CT molecular complexity index is 1350. The Kier molecular flexibility index (Phi) is 6.56. The molecule has 3 aromatic rings. The predicted octanol–water partition coefficient (Wildman–Crippen LogP) is 3.37. The number of hydrogen-bond donors (Lipinski definition) is 1. The fourth-order valence-electron chi connectivity index (χ4n) is 3.64. The van der Waals surface area contributed by atoms with Crippen LogP contribution in [0, 0.1) is 10.1 Å². The summed E-state index contributed by atoms with van der Waals surface area (Å²) in [7, 11) is 0. The maximum Gasteiger partial charge on any atom is 0.274 e. The van der Waals surface area contributed by atoms with Gasteiger partial charge in [-0.15, -0.1) is 0 Å². The summed E-state index contributed by atoms with van der Waals surface area (Å²) in [5.41, 5.74) is 2.22. The van der Waals surface area contributed by atoms with Gasteiger partial charge < -0.3 is 0 Å². The van der Waals surface area contributed by atoms with Crippen LogP contribution in [0.25, 0.3) is 0 Å². The van der Waals surface area contributed by atoms with E-state index in [1.165, 1.54) is 30.3 Å². The molecule has 1 unspecified atom stereocenters. The van der Waals surface area contributed by atoms with E-state index in [-0.39, 0.29) is 28.3 Å². The van der Waals surface area contributed by atoms with Gasteiger partial charge in [0.15, 0.2) is 0 Å². The first-order chi connectivity index (χ1) is 16.8. The first-order valence-electron chi connectivity index (χ1n) is 10.3. The van der Waals surface area contributed by atoms with Crippen LogP contribution in [0.4, 0.5) is 11.4 Å². The molecule has 0 aliphatic carbocycles. The molecule has 0 saturated carbocycles. The molecule has 0 aromatic heterocycles. The molecule has 4 amide bonds. The Morgan fingerprint density at radius 3 is 2.37 bits per heavy atom. The molecule has 1 N–H and O–H groups in total. The number of nitro benzene ring substituents is 1. The minimum atomic E-state index is -1.37. The number of imide groups is 1.